The molecule has 1 aromatic carbocycles. The average Bonchev–Trinajstić information content (AvgIpc) is 2.58. The van der Waals surface area contributed by atoms with Gasteiger partial charge in [0.05, 0.1) is 23.0 Å². The van der Waals surface area contributed by atoms with Crippen LogP contribution < -0.4 is 5.73 Å². The summed E-state index contributed by atoms with van der Waals surface area (Å²) < 4.78 is 15.2. The third-order valence-corrected chi connectivity index (χ3v) is 3.51. The van der Waals surface area contributed by atoms with Crippen LogP contribution in [0.25, 0.3) is 0 Å². The minimum Gasteiger partial charge on any atom is -0.319 e. The molecule has 2 rings (SSSR count). The molecule has 90 valence electrons. The van der Waals surface area contributed by atoms with E-state index in [0.29, 0.717) is 15.2 Å². The van der Waals surface area contributed by atoms with E-state index in [1.807, 2.05) is 0 Å². The third kappa shape index (κ3) is 2.36. The first-order chi connectivity index (χ1) is 8.00. The van der Waals surface area contributed by atoms with Crippen molar-refractivity contribution in [2.24, 2.45) is 12.8 Å². The Morgan fingerprint density at radius 2 is 2.24 bits per heavy atom. The van der Waals surface area contributed by atoms with Gasteiger partial charge in [0.15, 0.2) is 0 Å². The van der Waals surface area contributed by atoms with Crippen LogP contribution >= 0.6 is 27.5 Å². The van der Waals surface area contributed by atoms with Crippen LogP contribution in [-0.4, -0.2) is 9.78 Å². The summed E-state index contributed by atoms with van der Waals surface area (Å²) in [4.78, 5) is 0. The molecule has 0 fully saturated rings. The van der Waals surface area contributed by atoms with Gasteiger partial charge in [-0.3, -0.25) is 4.68 Å². The molecule has 2 N–H and O–H groups in total. The van der Waals surface area contributed by atoms with E-state index in [0.717, 1.165) is 5.56 Å². The molecular formula is C11H10BrClFN3. The van der Waals surface area contributed by atoms with E-state index < -0.39 is 6.04 Å². The number of nitrogens with two attached hydrogens (primary N) is 1. The zero-order chi connectivity index (χ0) is 12.6. The van der Waals surface area contributed by atoms with Crippen LogP contribution in [0.5, 0.6) is 0 Å². The van der Waals surface area contributed by atoms with Gasteiger partial charge < -0.3 is 5.73 Å². The maximum Gasteiger partial charge on any atom is 0.124 e. The number of aryl methyl sites for hydroxylation is 1. The van der Waals surface area contributed by atoms with Gasteiger partial charge in [0, 0.05) is 11.5 Å². The molecule has 1 heterocycles. The molecule has 0 radical (unpaired) electrons. The van der Waals surface area contributed by atoms with E-state index in [9.17, 15) is 4.39 Å². The molecule has 2 aromatic rings. The second-order valence-electron chi connectivity index (χ2n) is 3.64. The molecule has 6 heteroatoms. The molecule has 0 spiro atoms. The number of halogens is 3. The molecule has 1 unspecified atom stereocenters. The summed E-state index contributed by atoms with van der Waals surface area (Å²) in [5, 5.41) is 4.52. The van der Waals surface area contributed by atoms with Gasteiger partial charge in [-0.15, -0.1) is 0 Å². The van der Waals surface area contributed by atoms with Crippen LogP contribution in [0.15, 0.2) is 28.9 Å². The fourth-order valence-corrected chi connectivity index (χ4v) is 2.55. The monoisotopic (exact) mass is 317 g/mol. The van der Waals surface area contributed by atoms with Crippen molar-refractivity contribution in [3.8, 4) is 0 Å². The molecule has 1 aromatic heterocycles. The fourth-order valence-electron chi connectivity index (χ4n) is 1.67. The highest BCUT2D eigenvalue weighted by Gasteiger charge is 2.19. The normalized spacial score (nSPS) is 12.8. The molecule has 0 aliphatic carbocycles. The largest absolute Gasteiger partial charge is 0.319 e. The Hall–Kier alpha value is -0.910. The Morgan fingerprint density at radius 1 is 1.53 bits per heavy atom. The molecule has 0 saturated heterocycles. The van der Waals surface area contributed by atoms with Crippen LogP contribution in [0.4, 0.5) is 4.39 Å². The van der Waals surface area contributed by atoms with E-state index in [4.69, 9.17) is 17.3 Å². The predicted octanol–water partition coefficient (Wildman–Crippen LogP) is 3.02. The summed E-state index contributed by atoms with van der Waals surface area (Å²) in [6.07, 6.45) is 1.54. The predicted molar refractivity (Wildman–Crippen MR) is 68.3 cm³/mol. The first kappa shape index (κ1) is 12.5. The van der Waals surface area contributed by atoms with Crippen molar-refractivity contribution in [2.75, 3.05) is 0 Å². The lowest BCUT2D eigenvalue weighted by molar-refractivity contribution is 0.623. The lowest BCUT2D eigenvalue weighted by Crippen LogP contribution is -2.17. The van der Waals surface area contributed by atoms with Crippen molar-refractivity contribution >= 4 is 27.5 Å². The summed E-state index contributed by atoms with van der Waals surface area (Å²) >= 11 is 9.31. The third-order valence-electron chi connectivity index (χ3n) is 2.53. The molecule has 0 aliphatic heterocycles. The van der Waals surface area contributed by atoms with Gasteiger partial charge in [0.1, 0.15) is 5.82 Å². The van der Waals surface area contributed by atoms with Gasteiger partial charge in [0.2, 0.25) is 0 Å². The highest BCUT2D eigenvalue weighted by Crippen LogP contribution is 2.30. The molecule has 1 atom stereocenters. The van der Waals surface area contributed by atoms with Gasteiger partial charge in [-0.2, -0.15) is 5.10 Å². The van der Waals surface area contributed by atoms with E-state index in [1.165, 1.54) is 18.3 Å². The zero-order valence-electron chi connectivity index (χ0n) is 8.99. The minimum atomic E-state index is -0.454. The second kappa shape index (κ2) is 4.76. The molecule has 3 nitrogen and oxygen atoms in total. The lowest BCUT2D eigenvalue weighted by Gasteiger charge is -2.15. The molecule has 0 aliphatic rings. The number of benzene rings is 1. The van der Waals surface area contributed by atoms with Crippen LogP contribution in [0.3, 0.4) is 0 Å². The van der Waals surface area contributed by atoms with Crippen molar-refractivity contribution in [1.82, 2.24) is 9.78 Å². The number of aromatic nitrogens is 2. The van der Waals surface area contributed by atoms with Crippen LogP contribution in [-0.2, 0) is 7.05 Å². The standard InChI is InChI=1S/C11H10BrClFN3/c1-17-11(9(13)5-16-17)10(15)7-3-2-6(14)4-8(7)12/h2-5,10H,15H2,1H3. The van der Waals surface area contributed by atoms with Crippen molar-refractivity contribution < 1.29 is 4.39 Å². The Balaban J connectivity index is 2.47. The molecule has 17 heavy (non-hydrogen) atoms. The average molecular weight is 319 g/mol. The maximum atomic E-state index is 13.0. The summed E-state index contributed by atoms with van der Waals surface area (Å²) in [6.45, 7) is 0. The summed E-state index contributed by atoms with van der Waals surface area (Å²) in [6, 6.07) is 3.92. The SMILES string of the molecule is Cn1ncc(Cl)c1C(N)c1ccc(F)cc1Br. The molecule has 0 bridgehead atoms. The highest BCUT2D eigenvalue weighted by atomic mass is 79.9. The molecular weight excluding hydrogens is 308 g/mol. The smallest absolute Gasteiger partial charge is 0.124 e. The highest BCUT2D eigenvalue weighted by molar-refractivity contribution is 9.10. The van der Waals surface area contributed by atoms with Crippen LogP contribution in [0.2, 0.25) is 5.02 Å². The van der Waals surface area contributed by atoms with Gasteiger partial charge in [-0.1, -0.05) is 33.6 Å². The molecule has 0 amide bonds. The number of hydrogen-bond donors (Lipinski definition) is 1. The second-order valence-corrected chi connectivity index (χ2v) is 4.91. The Labute approximate surface area is 112 Å². The van der Waals surface area contributed by atoms with Gasteiger partial charge >= 0.3 is 0 Å². The molecule has 0 saturated carbocycles. The first-order valence-corrected chi connectivity index (χ1v) is 6.05. The maximum absolute atomic E-state index is 13.0. The quantitative estimate of drug-likeness (QED) is 0.925. The van der Waals surface area contributed by atoms with Crippen molar-refractivity contribution in [3.63, 3.8) is 0 Å². The Bertz CT molecular complexity index is 536. The number of nitrogens with zero attached hydrogens (tertiary/aromatic N) is 2. The minimum absolute atomic E-state index is 0.316. The van der Waals surface area contributed by atoms with Gasteiger partial charge in [-0.05, 0) is 17.7 Å². The van der Waals surface area contributed by atoms with Crippen molar-refractivity contribution in [1.29, 1.82) is 0 Å². The first-order valence-electron chi connectivity index (χ1n) is 4.88. The topological polar surface area (TPSA) is 43.8 Å². The van der Waals surface area contributed by atoms with E-state index in [1.54, 1.807) is 17.8 Å². The van der Waals surface area contributed by atoms with E-state index >= 15 is 0 Å². The fraction of sp³-hybridized carbons (Fsp3) is 0.182. The van der Waals surface area contributed by atoms with Crippen LogP contribution in [0, 0.1) is 5.82 Å². The van der Waals surface area contributed by atoms with Crippen molar-refractivity contribution in [2.45, 2.75) is 6.04 Å². The van der Waals surface area contributed by atoms with Gasteiger partial charge in [0.25, 0.3) is 0 Å². The van der Waals surface area contributed by atoms with Gasteiger partial charge in [-0.25, -0.2) is 4.39 Å². The summed E-state index contributed by atoms with van der Waals surface area (Å²) in [5.74, 6) is -0.316. The summed E-state index contributed by atoms with van der Waals surface area (Å²) in [7, 11) is 1.76. The Kier molecular flexibility index (Phi) is 3.51. The number of rotatable bonds is 2. The number of hydrogen-bond acceptors (Lipinski definition) is 2. The van der Waals surface area contributed by atoms with Crippen molar-refractivity contribution in [3.05, 3.63) is 51.0 Å². The zero-order valence-corrected chi connectivity index (χ0v) is 11.3. The van der Waals surface area contributed by atoms with E-state index in [-0.39, 0.29) is 5.82 Å². The lowest BCUT2D eigenvalue weighted by atomic mass is 10.0. The Morgan fingerprint density at radius 3 is 2.76 bits per heavy atom. The van der Waals surface area contributed by atoms with Crippen LogP contribution in [0.1, 0.15) is 17.3 Å². The van der Waals surface area contributed by atoms with E-state index in [2.05, 4.69) is 21.0 Å². The summed E-state index contributed by atoms with van der Waals surface area (Å²) in [5.41, 5.74) is 7.57.